The molecule has 1 aromatic carbocycles. The number of imide groups is 1. The molecule has 0 saturated heterocycles. The molecule has 1 aliphatic heterocycles. The average Bonchev–Trinajstić information content (AvgIpc) is 2.73. The standard InChI is InChI=1S/C13H6F2IN3O3/c14-5-1-2-6(15)10(9(5)16)19-7(20)3-4-8(11(19)17)13(22)18-12(4)21/h1-3H,17H2,(H,18,21,22). The number of nitrogens with one attached hydrogen (secondary N) is 1. The molecule has 1 aliphatic rings. The first-order valence-electron chi connectivity index (χ1n) is 5.88. The summed E-state index contributed by atoms with van der Waals surface area (Å²) in [5, 5.41) is 1.99. The highest BCUT2D eigenvalue weighted by atomic mass is 127. The minimum absolute atomic E-state index is 0.170. The minimum atomic E-state index is -0.885. The molecule has 0 atom stereocenters. The summed E-state index contributed by atoms with van der Waals surface area (Å²) < 4.78 is 28.2. The maximum absolute atomic E-state index is 14.0. The van der Waals surface area contributed by atoms with Crippen LogP contribution in [0.25, 0.3) is 5.69 Å². The molecule has 0 bridgehead atoms. The van der Waals surface area contributed by atoms with Gasteiger partial charge in [0.15, 0.2) is 0 Å². The third kappa shape index (κ3) is 1.92. The number of pyridine rings is 1. The number of benzene rings is 1. The predicted molar refractivity (Wildman–Crippen MR) is 80.9 cm³/mol. The van der Waals surface area contributed by atoms with E-state index in [0.717, 1.165) is 18.2 Å². The summed E-state index contributed by atoms with van der Waals surface area (Å²) in [4.78, 5) is 35.4. The number of rotatable bonds is 1. The van der Waals surface area contributed by atoms with Crippen molar-refractivity contribution < 1.29 is 18.4 Å². The first-order chi connectivity index (χ1) is 10.3. The largest absolute Gasteiger partial charge is 0.384 e. The Labute approximate surface area is 135 Å². The molecule has 0 radical (unpaired) electrons. The summed E-state index contributed by atoms with van der Waals surface area (Å²) in [7, 11) is 0. The highest BCUT2D eigenvalue weighted by Gasteiger charge is 2.32. The number of carbonyl (C=O) groups is 2. The van der Waals surface area contributed by atoms with Gasteiger partial charge in [-0.1, -0.05) is 0 Å². The number of anilines is 1. The Kier molecular flexibility index (Phi) is 3.24. The van der Waals surface area contributed by atoms with Crippen LogP contribution < -0.4 is 16.6 Å². The van der Waals surface area contributed by atoms with Gasteiger partial charge in [-0.15, -0.1) is 0 Å². The van der Waals surface area contributed by atoms with Gasteiger partial charge in [-0.2, -0.15) is 0 Å². The third-order valence-corrected chi connectivity index (χ3v) is 4.22. The van der Waals surface area contributed by atoms with E-state index >= 15 is 0 Å². The van der Waals surface area contributed by atoms with Crippen LogP contribution >= 0.6 is 22.6 Å². The lowest BCUT2D eigenvalue weighted by molar-refractivity contribution is 0.0880. The number of aromatic nitrogens is 1. The van der Waals surface area contributed by atoms with Crippen molar-refractivity contribution in [2.75, 3.05) is 5.73 Å². The van der Waals surface area contributed by atoms with E-state index in [2.05, 4.69) is 0 Å². The minimum Gasteiger partial charge on any atom is -0.384 e. The molecule has 2 amide bonds. The molecule has 3 N–H and O–H groups in total. The molecule has 2 heterocycles. The predicted octanol–water partition coefficient (Wildman–Crippen LogP) is 1.19. The fourth-order valence-electron chi connectivity index (χ4n) is 2.23. The summed E-state index contributed by atoms with van der Waals surface area (Å²) >= 11 is 1.53. The molecule has 22 heavy (non-hydrogen) atoms. The SMILES string of the molecule is Nc1c2c(cc(=O)n1-c1c(F)ccc(F)c1I)C(=O)NC2=O. The van der Waals surface area contributed by atoms with Crippen LogP contribution in [0.15, 0.2) is 23.0 Å². The van der Waals surface area contributed by atoms with E-state index in [0.29, 0.717) is 4.57 Å². The van der Waals surface area contributed by atoms with Crippen molar-refractivity contribution >= 4 is 40.2 Å². The Balaban J connectivity index is 2.43. The van der Waals surface area contributed by atoms with Gasteiger partial charge >= 0.3 is 0 Å². The van der Waals surface area contributed by atoms with Crippen molar-refractivity contribution in [2.24, 2.45) is 0 Å². The molecule has 0 spiro atoms. The molecule has 0 saturated carbocycles. The van der Waals surface area contributed by atoms with Gasteiger partial charge in [-0.25, -0.2) is 8.78 Å². The molecule has 2 aromatic rings. The van der Waals surface area contributed by atoms with E-state index in [4.69, 9.17) is 5.73 Å². The summed E-state index contributed by atoms with van der Waals surface area (Å²) in [5.41, 5.74) is 4.10. The van der Waals surface area contributed by atoms with Gasteiger partial charge in [0, 0.05) is 6.07 Å². The fourth-order valence-corrected chi connectivity index (χ4v) is 2.91. The number of amides is 2. The quantitative estimate of drug-likeness (QED) is 0.414. The second-order valence-corrected chi connectivity index (χ2v) is 5.55. The van der Waals surface area contributed by atoms with Gasteiger partial charge in [-0.05, 0) is 34.7 Å². The van der Waals surface area contributed by atoms with E-state index in [1.807, 2.05) is 5.32 Å². The van der Waals surface area contributed by atoms with Gasteiger partial charge < -0.3 is 5.73 Å². The summed E-state index contributed by atoms with van der Waals surface area (Å²) in [6.07, 6.45) is 0. The number of carbonyl (C=O) groups excluding carboxylic acids is 2. The highest BCUT2D eigenvalue weighted by Crippen LogP contribution is 2.28. The van der Waals surface area contributed by atoms with Crippen LogP contribution in [0.3, 0.4) is 0 Å². The molecular weight excluding hydrogens is 411 g/mol. The topological polar surface area (TPSA) is 94.2 Å². The third-order valence-electron chi connectivity index (χ3n) is 3.20. The summed E-state index contributed by atoms with van der Waals surface area (Å²) in [6.45, 7) is 0. The number of nitrogens with zero attached hydrogens (tertiary/aromatic N) is 1. The maximum Gasteiger partial charge on any atom is 0.262 e. The Bertz CT molecular complexity index is 924. The van der Waals surface area contributed by atoms with Crippen molar-refractivity contribution in [3.05, 3.63) is 54.9 Å². The fraction of sp³-hybridized carbons (Fsp3) is 0. The number of hydrogen-bond acceptors (Lipinski definition) is 4. The smallest absolute Gasteiger partial charge is 0.262 e. The van der Waals surface area contributed by atoms with Crippen LogP contribution in [-0.4, -0.2) is 16.4 Å². The van der Waals surface area contributed by atoms with Gasteiger partial charge in [0.2, 0.25) is 0 Å². The Hall–Kier alpha value is -2.30. The number of nitrogen functional groups attached to an aromatic ring is 1. The summed E-state index contributed by atoms with van der Waals surface area (Å²) in [6, 6.07) is 2.62. The van der Waals surface area contributed by atoms with Crippen molar-refractivity contribution in [1.82, 2.24) is 9.88 Å². The van der Waals surface area contributed by atoms with Crippen LogP contribution in [0.2, 0.25) is 0 Å². The first-order valence-corrected chi connectivity index (χ1v) is 6.96. The molecule has 6 nitrogen and oxygen atoms in total. The lowest BCUT2D eigenvalue weighted by Crippen LogP contribution is -2.25. The number of fused-ring (bicyclic) bond motifs is 1. The molecule has 112 valence electrons. The normalized spacial score (nSPS) is 13.2. The molecular formula is C13H6F2IN3O3. The van der Waals surface area contributed by atoms with Crippen LogP contribution in [0.1, 0.15) is 20.7 Å². The van der Waals surface area contributed by atoms with Gasteiger partial charge in [-0.3, -0.25) is 24.3 Å². The Morgan fingerprint density at radius 3 is 2.41 bits per heavy atom. The number of hydrogen-bond donors (Lipinski definition) is 2. The zero-order chi connectivity index (χ0) is 16.2. The van der Waals surface area contributed by atoms with E-state index in [1.54, 1.807) is 0 Å². The lowest BCUT2D eigenvalue weighted by Gasteiger charge is -2.14. The molecule has 1 aromatic heterocycles. The lowest BCUT2D eigenvalue weighted by atomic mass is 10.1. The highest BCUT2D eigenvalue weighted by molar-refractivity contribution is 14.1. The number of halogens is 3. The molecule has 9 heteroatoms. The molecule has 0 fully saturated rings. The second-order valence-electron chi connectivity index (χ2n) is 4.47. The monoisotopic (exact) mass is 417 g/mol. The second kappa shape index (κ2) is 4.87. The van der Waals surface area contributed by atoms with Crippen LogP contribution in [0.4, 0.5) is 14.6 Å². The van der Waals surface area contributed by atoms with E-state index < -0.39 is 40.5 Å². The van der Waals surface area contributed by atoms with Crippen LogP contribution in [0, 0.1) is 15.2 Å². The molecule has 0 unspecified atom stereocenters. The van der Waals surface area contributed by atoms with E-state index in [9.17, 15) is 23.2 Å². The van der Waals surface area contributed by atoms with Crippen molar-refractivity contribution in [2.45, 2.75) is 0 Å². The van der Waals surface area contributed by atoms with Gasteiger partial charge in [0.05, 0.1) is 14.7 Å². The van der Waals surface area contributed by atoms with Crippen molar-refractivity contribution in [1.29, 1.82) is 0 Å². The Morgan fingerprint density at radius 2 is 1.73 bits per heavy atom. The summed E-state index contributed by atoms with van der Waals surface area (Å²) in [5.74, 6) is -3.61. The first kappa shape index (κ1) is 14.6. The zero-order valence-corrected chi connectivity index (χ0v) is 12.8. The molecule has 0 aliphatic carbocycles. The average molecular weight is 417 g/mol. The van der Waals surface area contributed by atoms with Crippen molar-refractivity contribution in [3.63, 3.8) is 0 Å². The maximum atomic E-state index is 14.0. The van der Waals surface area contributed by atoms with Crippen LogP contribution in [0.5, 0.6) is 0 Å². The van der Waals surface area contributed by atoms with E-state index in [-0.39, 0.29) is 14.7 Å². The van der Waals surface area contributed by atoms with Crippen molar-refractivity contribution in [3.8, 4) is 5.69 Å². The van der Waals surface area contributed by atoms with Gasteiger partial charge in [0.1, 0.15) is 23.1 Å². The zero-order valence-electron chi connectivity index (χ0n) is 10.6. The van der Waals surface area contributed by atoms with E-state index in [1.165, 1.54) is 22.6 Å². The number of nitrogens with two attached hydrogens (primary N) is 1. The van der Waals surface area contributed by atoms with Gasteiger partial charge in [0.25, 0.3) is 17.4 Å². The Morgan fingerprint density at radius 1 is 1.09 bits per heavy atom. The molecule has 3 rings (SSSR count). The van der Waals surface area contributed by atoms with Crippen LogP contribution in [-0.2, 0) is 0 Å².